The minimum absolute atomic E-state index is 0.591. The Kier molecular flexibility index (Phi) is 4.18. The smallest absolute Gasteiger partial charge is 0.0638 e. The first-order valence-electron chi connectivity index (χ1n) is 6.63. The van der Waals surface area contributed by atoms with E-state index in [4.69, 9.17) is 5.73 Å². The molecule has 4 nitrogen and oxygen atoms in total. The summed E-state index contributed by atoms with van der Waals surface area (Å²) in [6.45, 7) is 3.79. The zero-order valence-corrected chi connectivity index (χ0v) is 10.9. The fraction of sp³-hybridized carbons (Fsp3) is 0.769. The van der Waals surface area contributed by atoms with E-state index in [1.165, 1.54) is 31.2 Å². The number of hydrogen-bond donors (Lipinski definition) is 2. The quantitative estimate of drug-likeness (QED) is 0.829. The van der Waals surface area contributed by atoms with Gasteiger partial charge in [-0.1, -0.05) is 12.8 Å². The first-order chi connectivity index (χ1) is 8.20. The molecule has 17 heavy (non-hydrogen) atoms. The van der Waals surface area contributed by atoms with Crippen LogP contribution in [-0.4, -0.2) is 22.4 Å². The number of aromatic nitrogens is 2. The van der Waals surface area contributed by atoms with Gasteiger partial charge in [0.05, 0.1) is 5.69 Å². The van der Waals surface area contributed by atoms with Crippen LogP contribution in [0.1, 0.15) is 36.9 Å². The molecule has 1 aromatic heterocycles. The highest BCUT2D eigenvalue weighted by Crippen LogP contribution is 2.23. The van der Waals surface area contributed by atoms with Crippen molar-refractivity contribution in [3.05, 3.63) is 17.5 Å². The van der Waals surface area contributed by atoms with Crippen LogP contribution in [-0.2, 0) is 13.6 Å². The van der Waals surface area contributed by atoms with Crippen molar-refractivity contribution < 1.29 is 0 Å². The summed E-state index contributed by atoms with van der Waals surface area (Å²) in [5, 5.41) is 8.03. The average molecular weight is 236 g/mol. The van der Waals surface area contributed by atoms with Crippen molar-refractivity contribution in [1.82, 2.24) is 15.1 Å². The molecule has 0 bridgehead atoms. The number of nitrogens with zero attached hydrogens (tertiary/aromatic N) is 2. The molecule has 0 aliphatic heterocycles. The van der Waals surface area contributed by atoms with E-state index in [1.807, 2.05) is 11.7 Å². The minimum Gasteiger partial charge on any atom is -0.330 e. The van der Waals surface area contributed by atoms with Crippen LogP contribution in [0.4, 0.5) is 0 Å². The van der Waals surface area contributed by atoms with E-state index in [9.17, 15) is 0 Å². The van der Waals surface area contributed by atoms with Crippen LogP contribution in [0, 0.1) is 12.8 Å². The van der Waals surface area contributed by atoms with Crippen LogP contribution in [0.2, 0.25) is 0 Å². The van der Waals surface area contributed by atoms with Gasteiger partial charge in [-0.3, -0.25) is 4.68 Å². The van der Waals surface area contributed by atoms with Crippen LogP contribution in [0.3, 0.4) is 0 Å². The maximum Gasteiger partial charge on any atom is 0.0638 e. The van der Waals surface area contributed by atoms with Gasteiger partial charge in [0.1, 0.15) is 0 Å². The molecule has 1 saturated carbocycles. The average Bonchev–Trinajstić information content (AvgIpc) is 2.65. The zero-order chi connectivity index (χ0) is 12.3. The van der Waals surface area contributed by atoms with Crippen LogP contribution < -0.4 is 11.1 Å². The van der Waals surface area contributed by atoms with Crippen LogP contribution in [0.15, 0.2) is 6.20 Å². The first-order valence-corrected chi connectivity index (χ1v) is 6.63. The minimum atomic E-state index is 0.591. The van der Waals surface area contributed by atoms with E-state index in [2.05, 4.69) is 23.5 Å². The largest absolute Gasteiger partial charge is 0.330 e. The summed E-state index contributed by atoms with van der Waals surface area (Å²) in [5.74, 6) is 0.653. The normalized spacial score (nSPS) is 25.1. The number of rotatable bonds is 4. The monoisotopic (exact) mass is 236 g/mol. The van der Waals surface area contributed by atoms with E-state index in [-0.39, 0.29) is 0 Å². The Labute approximate surface area is 104 Å². The second kappa shape index (κ2) is 5.65. The highest BCUT2D eigenvalue weighted by atomic mass is 15.2. The first kappa shape index (κ1) is 12.6. The van der Waals surface area contributed by atoms with E-state index in [0.29, 0.717) is 12.0 Å². The van der Waals surface area contributed by atoms with Crippen LogP contribution >= 0.6 is 0 Å². The Morgan fingerprint density at radius 3 is 2.88 bits per heavy atom. The van der Waals surface area contributed by atoms with Gasteiger partial charge >= 0.3 is 0 Å². The summed E-state index contributed by atoms with van der Waals surface area (Å²) in [7, 11) is 1.97. The van der Waals surface area contributed by atoms with Crippen molar-refractivity contribution in [2.45, 2.75) is 45.2 Å². The summed E-state index contributed by atoms with van der Waals surface area (Å²) < 4.78 is 1.88. The fourth-order valence-electron chi connectivity index (χ4n) is 2.82. The van der Waals surface area contributed by atoms with Gasteiger partial charge in [-0.15, -0.1) is 0 Å². The number of nitrogens with two attached hydrogens (primary N) is 1. The Hall–Kier alpha value is -0.870. The fourth-order valence-corrected chi connectivity index (χ4v) is 2.82. The van der Waals surface area contributed by atoms with Gasteiger partial charge < -0.3 is 11.1 Å². The second-order valence-corrected chi connectivity index (χ2v) is 5.18. The van der Waals surface area contributed by atoms with Crippen LogP contribution in [0.5, 0.6) is 0 Å². The molecule has 4 heteroatoms. The van der Waals surface area contributed by atoms with Gasteiger partial charge in [-0.25, -0.2) is 0 Å². The zero-order valence-electron chi connectivity index (χ0n) is 10.9. The topological polar surface area (TPSA) is 55.9 Å². The molecule has 1 aromatic rings. The molecule has 0 spiro atoms. The third-order valence-electron chi connectivity index (χ3n) is 3.88. The standard InChI is InChI=1S/C13H24N4/c1-10-12(9-17(2)16-10)8-15-13-6-4-3-5-11(13)7-14/h9,11,13,15H,3-8,14H2,1-2H3. The van der Waals surface area contributed by atoms with Crippen molar-refractivity contribution in [2.75, 3.05) is 6.54 Å². The van der Waals surface area contributed by atoms with Crippen molar-refractivity contribution in [1.29, 1.82) is 0 Å². The summed E-state index contributed by atoms with van der Waals surface area (Å²) in [6, 6.07) is 0.591. The molecule has 1 aliphatic carbocycles. The molecule has 0 aromatic carbocycles. The molecule has 2 rings (SSSR count). The van der Waals surface area contributed by atoms with Crippen molar-refractivity contribution >= 4 is 0 Å². The molecule has 1 aliphatic rings. The lowest BCUT2D eigenvalue weighted by Gasteiger charge is -2.31. The number of nitrogens with one attached hydrogen (secondary N) is 1. The molecular weight excluding hydrogens is 212 g/mol. The van der Waals surface area contributed by atoms with Gasteiger partial charge in [0, 0.05) is 31.4 Å². The van der Waals surface area contributed by atoms with Crippen molar-refractivity contribution in [3.63, 3.8) is 0 Å². The molecule has 0 amide bonds. The third kappa shape index (κ3) is 3.07. The molecule has 1 heterocycles. The Balaban J connectivity index is 1.90. The molecule has 0 saturated heterocycles. The third-order valence-corrected chi connectivity index (χ3v) is 3.88. The highest BCUT2D eigenvalue weighted by Gasteiger charge is 2.23. The van der Waals surface area contributed by atoms with Gasteiger partial charge in [-0.05, 0) is 32.2 Å². The predicted molar refractivity (Wildman–Crippen MR) is 69.6 cm³/mol. The summed E-state index contributed by atoms with van der Waals surface area (Å²) in [6.07, 6.45) is 7.32. The molecule has 2 atom stereocenters. The maximum absolute atomic E-state index is 5.84. The Morgan fingerprint density at radius 2 is 2.24 bits per heavy atom. The number of aryl methyl sites for hydroxylation is 2. The molecule has 2 unspecified atom stereocenters. The van der Waals surface area contributed by atoms with E-state index < -0.39 is 0 Å². The Morgan fingerprint density at radius 1 is 1.47 bits per heavy atom. The Bertz CT molecular complexity index is 358. The lowest BCUT2D eigenvalue weighted by atomic mass is 9.84. The van der Waals surface area contributed by atoms with Gasteiger partial charge in [-0.2, -0.15) is 5.10 Å². The number of hydrogen-bond acceptors (Lipinski definition) is 3. The second-order valence-electron chi connectivity index (χ2n) is 5.18. The van der Waals surface area contributed by atoms with Gasteiger partial charge in [0.25, 0.3) is 0 Å². The highest BCUT2D eigenvalue weighted by molar-refractivity contribution is 5.15. The van der Waals surface area contributed by atoms with Gasteiger partial charge in [0.2, 0.25) is 0 Å². The van der Waals surface area contributed by atoms with E-state index in [1.54, 1.807) is 0 Å². The summed E-state index contributed by atoms with van der Waals surface area (Å²) in [4.78, 5) is 0. The molecular formula is C13H24N4. The lowest BCUT2D eigenvalue weighted by molar-refractivity contribution is 0.267. The summed E-state index contributed by atoms with van der Waals surface area (Å²) in [5.41, 5.74) is 8.27. The SMILES string of the molecule is Cc1nn(C)cc1CNC1CCCCC1CN. The van der Waals surface area contributed by atoms with E-state index in [0.717, 1.165) is 18.8 Å². The molecule has 3 N–H and O–H groups in total. The molecule has 96 valence electrons. The molecule has 1 fully saturated rings. The summed E-state index contributed by atoms with van der Waals surface area (Å²) >= 11 is 0. The van der Waals surface area contributed by atoms with Gasteiger partial charge in [0.15, 0.2) is 0 Å². The van der Waals surface area contributed by atoms with Crippen LogP contribution in [0.25, 0.3) is 0 Å². The predicted octanol–water partition coefficient (Wildman–Crippen LogP) is 1.34. The van der Waals surface area contributed by atoms with Crippen molar-refractivity contribution in [3.8, 4) is 0 Å². The lowest BCUT2D eigenvalue weighted by Crippen LogP contribution is -2.41. The van der Waals surface area contributed by atoms with E-state index >= 15 is 0 Å². The molecule has 0 radical (unpaired) electrons. The maximum atomic E-state index is 5.84. The van der Waals surface area contributed by atoms with Crippen molar-refractivity contribution in [2.24, 2.45) is 18.7 Å².